The first kappa shape index (κ1) is 20.8. The van der Waals surface area contributed by atoms with Gasteiger partial charge in [0, 0.05) is 18.5 Å². The van der Waals surface area contributed by atoms with Gasteiger partial charge in [-0.05, 0) is 59.5 Å². The molecule has 0 aromatic carbocycles. The van der Waals surface area contributed by atoms with Crippen LogP contribution < -0.4 is 10.6 Å². The molecule has 1 aliphatic heterocycles. The van der Waals surface area contributed by atoms with Gasteiger partial charge in [-0.3, -0.25) is 9.89 Å². The summed E-state index contributed by atoms with van der Waals surface area (Å²) in [5.41, 5.74) is 2.10. The standard InChI is InChI=1S/C20H32N6OS/c1-13-15(3)27-19(25-13)12-26-8-6-17(7-9-26)10-22-20(21-5)23-11-18-14(2)24-16(4)28-18/h17H,6-12H2,1-5H3,(H2,21,22,23). The molecule has 0 amide bonds. The lowest BCUT2D eigenvalue weighted by Gasteiger charge is -2.31. The molecule has 3 rings (SSSR count). The largest absolute Gasteiger partial charge is 0.444 e. The average molecular weight is 405 g/mol. The van der Waals surface area contributed by atoms with E-state index in [0.717, 1.165) is 66.7 Å². The van der Waals surface area contributed by atoms with Gasteiger partial charge in [0.05, 0.1) is 29.5 Å². The number of aliphatic imine (C=N–C) groups is 1. The molecule has 0 bridgehead atoms. The summed E-state index contributed by atoms with van der Waals surface area (Å²) in [5, 5.41) is 8.00. The van der Waals surface area contributed by atoms with Crippen molar-refractivity contribution in [2.75, 3.05) is 26.7 Å². The fourth-order valence-electron chi connectivity index (χ4n) is 3.51. The first-order valence-electron chi connectivity index (χ1n) is 9.97. The number of rotatable bonds is 6. The zero-order valence-corrected chi connectivity index (χ0v) is 18.4. The van der Waals surface area contributed by atoms with Crippen molar-refractivity contribution in [1.29, 1.82) is 0 Å². The second kappa shape index (κ2) is 9.52. The Hall–Kier alpha value is -1.93. The topological polar surface area (TPSA) is 78.6 Å². The van der Waals surface area contributed by atoms with Gasteiger partial charge in [0.1, 0.15) is 5.76 Å². The number of nitrogens with zero attached hydrogens (tertiary/aromatic N) is 4. The quantitative estimate of drug-likeness (QED) is 0.569. The Balaban J connectivity index is 1.38. The van der Waals surface area contributed by atoms with E-state index in [2.05, 4.69) is 37.4 Å². The number of aromatic nitrogens is 2. The van der Waals surface area contributed by atoms with Gasteiger partial charge in [-0.1, -0.05) is 0 Å². The minimum atomic E-state index is 0.662. The lowest BCUT2D eigenvalue weighted by Crippen LogP contribution is -2.42. The Morgan fingerprint density at radius 1 is 1.14 bits per heavy atom. The van der Waals surface area contributed by atoms with E-state index in [1.165, 1.54) is 17.7 Å². The Bertz CT molecular complexity index is 784. The second-order valence-corrected chi connectivity index (χ2v) is 8.80. The van der Waals surface area contributed by atoms with E-state index in [1.807, 2.05) is 27.8 Å². The summed E-state index contributed by atoms with van der Waals surface area (Å²) in [5.74, 6) is 3.29. The smallest absolute Gasteiger partial charge is 0.208 e. The number of hydrogen-bond acceptors (Lipinski definition) is 6. The molecule has 0 atom stereocenters. The number of guanidine groups is 1. The van der Waals surface area contributed by atoms with Crippen molar-refractivity contribution in [3.8, 4) is 0 Å². The first-order valence-corrected chi connectivity index (χ1v) is 10.8. The second-order valence-electron chi connectivity index (χ2n) is 7.52. The highest BCUT2D eigenvalue weighted by molar-refractivity contribution is 7.11. The van der Waals surface area contributed by atoms with Crippen LogP contribution in [-0.2, 0) is 13.1 Å². The van der Waals surface area contributed by atoms with Crippen molar-refractivity contribution < 1.29 is 4.42 Å². The number of likely N-dealkylation sites (tertiary alicyclic amines) is 1. The van der Waals surface area contributed by atoms with Crippen LogP contribution in [0.4, 0.5) is 0 Å². The van der Waals surface area contributed by atoms with Gasteiger partial charge < -0.3 is 15.1 Å². The lowest BCUT2D eigenvalue weighted by atomic mass is 9.97. The van der Waals surface area contributed by atoms with Crippen LogP contribution in [0.3, 0.4) is 0 Å². The molecule has 7 nitrogen and oxygen atoms in total. The number of thiazole rings is 1. The zero-order chi connectivity index (χ0) is 20.1. The highest BCUT2D eigenvalue weighted by Crippen LogP contribution is 2.19. The number of aryl methyl sites for hydroxylation is 4. The van der Waals surface area contributed by atoms with E-state index in [0.29, 0.717) is 5.92 Å². The highest BCUT2D eigenvalue weighted by Gasteiger charge is 2.21. The van der Waals surface area contributed by atoms with Crippen LogP contribution in [0.25, 0.3) is 0 Å². The first-order chi connectivity index (χ1) is 13.4. The molecule has 1 aliphatic rings. The molecule has 0 saturated carbocycles. The fourth-order valence-corrected chi connectivity index (χ4v) is 4.39. The number of nitrogens with one attached hydrogen (secondary N) is 2. The summed E-state index contributed by atoms with van der Waals surface area (Å²) in [4.78, 5) is 17.0. The Morgan fingerprint density at radius 3 is 2.46 bits per heavy atom. The van der Waals surface area contributed by atoms with E-state index in [1.54, 1.807) is 11.3 Å². The van der Waals surface area contributed by atoms with E-state index in [4.69, 9.17) is 4.42 Å². The molecular formula is C20H32N6OS. The maximum atomic E-state index is 5.72. The molecule has 2 aromatic heterocycles. The van der Waals surface area contributed by atoms with Crippen LogP contribution >= 0.6 is 11.3 Å². The molecule has 28 heavy (non-hydrogen) atoms. The van der Waals surface area contributed by atoms with Crippen LogP contribution in [0.1, 0.15) is 45.8 Å². The third-order valence-corrected chi connectivity index (χ3v) is 6.41. The van der Waals surface area contributed by atoms with Gasteiger partial charge in [-0.25, -0.2) is 9.97 Å². The molecule has 2 aromatic rings. The van der Waals surface area contributed by atoms with Crippen molar-refractivity contribution in [3.05, 3.63) is 32.9 Å². The summed E-state index contributed by atoms with van der Waals surface area (Å²) >= 11 is 1.74. The summed E-state index contributed by atoms with van der Waals surface area (Å²) in [6, 6.07) is 0. The lowest BCUT2D eigenvalue weighted by molar-refractivity contribution is 0.164. The predicted molar refractivity (Wildman–Crippen MR) is 114 cm³/mol. The average Bonchev–Trinajstić information content (AvgIpc) is 3.16. The van der Waals surface area contributed by atoms with E-state index >= 15 is 0 Å². The van der Waals surface area contributed by atoms with Crippen molar-refractivity contribution in [1.82, 2.24) is 25.5 Å². The Labute approximate surface area is 171 Å². The van der Waals surface area contributed by atoms with Crippen molar-refractivity contribution in [2.24, 2.45) is 10.9 Å². The van der Waals surface area contributed by atoms with E-state index in [-0.39, 0.29) is 0 Å². The molecule has 0 radical (unpaired) electrons. The maximum Gasteiger partial charge on any atom is 0.208 e. The van der Waals surface area contributed by atoms with E-state index < -0.39 is 0 Å². The fraction of sp³-hybridized carbons (Fsp3) is 0.650. The van der Waals surface area contributed by atoms with Crippen LogP contribution in [0.2, 0.25) is 0 Å². The molecule has 2 N–H and O–H groups in total. The molecule has 0 aliphatic carbocycles. The minimum Gasteiger partial charge on any atom is -0.444 e. The molecule has 154 valence electrons. The Kier molecular flexibility index (Phi) is 7.07. The molecule has 0 spiro atoms. The number of piperidine rings is 1. The molecule has 1 fully saturated rings. The van der Waals surface area contributed by atoms with Gasteiger partial charge in [0.25, 0.3) is 0 Å². The third-order valence-electron chi connectivity index (χ3n) is 5.34. The summed E-state index contributed by atoms with van der Waals surface area (Å²) in [6.07, 6.45) is 2.35. The monoisotopic (exact) mass is 404 g/mol. The highest BCUT2D eigenvalue weighted by atomic mass is 32.1. The van der Waals surface area contributed by atoms with Crippen molar-refractivity contribution in [3.63, 3.8) is 0 Å². The van der Waals surface area contributed by atoms with Gasteiger partial charge in [-0.2, -0.15) is 0 Å². The summed E-state index contributed by atoms with van der Waals surface area (Å²) in [6.45, 7) is 12.8. The van der Waals surface area contributed by atoms with Gasteiger partial charge in [0.15, 0.2) is 5.96 Å². The maximum absolute atomic E-state index is 5.72. The molecule has 1 saturated heterocycles. The summed E-state index contributed by atoms with van der Waals surface area (Å²) in [7, 11) is 1.82. The van der Waals surface area contributed by atoms with Gasteiger partial charge in [0.2, 0.25) is 5.89 Å². The van der Waals surface area contributed by atoms with Gasteiger partial charge in [-0.15, -0.1) is 11.3 Å². The van der Waals surface area contributed by atoms with Crippen molar-refractivity contribution in [2.45, 2.75) is 53.6 Å². The van der Waals surface area contributed by atoms with Crippen LogP contribution in [0.5, 0.6) is 0 Å². The van der Waals surface area contributed by atoms with Crippen LogP contribution in [0.15, 0.2) is 9.41 Å². The van der Waals surface area contributed by atoms with Gasteiger partial charge >= 0.3 is 0 Å². The minimum absolute atomic E-state index is 0.662. The number of oxazole rings is 1. The van der Waals surface area contributed by atoms with Crippen LogP contribution in [0, 0.1) is 33.6 Å². The molecular weight excluding hydrogens is 372 g/mol. The number of hydrogen-bond donors (Lipinski definition) is 2. The third kappa shape index (κ3) is 5.54. The Morgan fingerprint density at radius 2 is 1.89 bits per heavy atom. The predicted octanol–water partition coefficient (Wildman–Crippen LogP) is 2.94. The van der Waals surface area contributed by atoms with E-state index in [9.17, 15) is 0 Å². The SMILES string of the molecule is CN=C(NCc1sc(C)nc1C)NCC1CCN(Cc2nc(C)c(C)o2)CC1. The summed E-state index contributed by atoms with van der Waals surface area (Å²) < 4.78 is 5.72. The molecule has 3 heterocycles. The van der Waals surface area contributed by atoms with Crippen molar-refractivity contribution >= 4 is 17.3 Å². The molecule has 0 unspecified atom stereocenters. The zero-order valence-electron chi connectivity index (χ0n) is 17.6. The normalized spacial score (nSPS) is 16.5. The van der Waals surface area contributed by atoms with Crippen LogP contribution in [-0.4, -0.2) is 47.5 Å². The molecule has 8 heteroatoms.